The fraction of sp³-hybridized carbons (Fsp3) is 0.696. The zero-order valence-electron chi connectivity index (χ0n) is 17.3. The molecule has 0 bridgehead atoms. The minimum atomic E-state index is -4.56. The van der Waals surface area contributed by atoms with Gasteiger partial charge < -0.3 is 9.47 Å². The number of carbonyl (C=O) groups is 1. The van der Waals surface area contributed by atoms with Crippen LogP contribution in [0.15, 0.2) is 24.3 Å². The number of alkyl halides is 4. The zero-order chi connectivity index (χ0) is 21.7. The van der Waals surface area contributed by atoms with E-state index in [1.807, 2.05) is 0 Å². The molecule has 2 aliphatic rings. The van der Waals surface area contributed by atoms with Gasteiger partial charge in [-0.15, -0.1) is 0 Å². The summed E-state index contributed by atoms with van der Waals surface area (Å²) in [5.41, 5.74) is 0. The van der Waals surface area contributed by atoms with Crippen molar-refractivity contribution in [3.63, 3.8) is 0 Å². The van der Waals surface area contributed by atoms with E-state index in [9.17, 15) is 22.4 Å². The van der Waals surface area contributed by atoms with E-state index in [0.29, 0.717) is 5.92 Å². The van der Waals surface area contributed by atoms with Gasteiger partial charge in [0.05, 0.1) is 5.92 Å². The van der Waals surface area contributed by atoms with Gasteiger partial charge in [0.1, 0.15) is 11.5 Å². The lowest BCUT2D eigenvalue weighted by Crippen LogP contribution is -2.33. The van der Waals surface area contributed by atoms with Crippen molar-refractivity contribution in [3.8, 4) is 11.5 Å². The molecular weight excluding hydrogens is 400 g/mol. The standard InChI is InChI=1S/C23H30F4O3/c1-2-15-3-5-16(6-4-15)17-7-9-18(10-8-17)21(28)29-19-11-13-20(14-12-19)30-23(26,27)22(24)25/h11-18,22H,2-10H2,1H3. The topological polar surface area (TPSA) is 35.5 Å². The summed E-state index contributed by atoms with van der Waals surface area (Å²) in [6, 6.07) is 4.71. The van der Waals surface area contributed by atoms with E-state index in [-0.39, 0.29) is 17.6 Å². The van der Waals surface area contributed by atoms with Crippen LogP contribution < -0.4 is 9.47 Å². The third-order valence-corrected chi connectivity index (χ3v) is 6.79. The third-order valence-electron chi connectivity index (χ3n) is 6.79. The van der Waals surface area contributed by atoms with Crippen molar-refractivity contribution in [1.29, 1.82) is 0 Å². The van der Waals surface area contributed by atoms with Crippen LogP contribution in [0.4, 0.5) is 17.6 Å². The maximum absolute atomic E-state index is 12.9. The Balaban J connectivity index is 1.44. The predicted octanol–water partition coefficient (Wildman–Crippen LogP) is 6.85. The molecule has 3 nitrogen and oxygen atoms in total. The number of hydrogen-bond donors (Lipinski definition) is 0. The van der Waals surface area contributed by atoms with Gasteiger partial charge in [-0.25, -0.2) is 0 Å². The van der Waals surface area contributed by atoms with Crippen molar-refractivity contribution < 1.29 is 31.8 Å². The van der Waals surface area contributed by atoms with Crippen molar-refractivity contribution in [3.05, 3.63) is 24.3 Å². The van der Waals surface area contributed by atoms with Crippen molar-refractivity contribution >= 4 is 5.97 Å². The number of ether oxygens (including phenoxy) is 2. The first-order valence-electron chi connectivity index (χ1n) is 10.9. The highest BCUT2D eigenvalue weighted by Crippen LogP contribution is 2.42. The highest BCUT2D eigenvalue weighted by molar-refractivity contribution is 5.75. The molecule has 0 heterocycles. The molecule has 0 saturated heterocycles. The van der Waals surface area contributed by atoms with Gasteiger partial charge in [-0.2, -0.15) is 17.6 Å². The minimum Gasteiger partial charge on any atom is -0.428 e. The predicted molar refractivity (Wildman–Crippen MR) is 105 cm³/mol. The molecule has 7 heteroatoms. The van der Waals surface area contributed by atoms with Gasteiger partial charge in [0.2, 0.25) is 0 Å². The zero-order valence-corrected chi connectivity index (χ0v) is 17.3. The lowest BCUT2D eigenvalue weighted by Gasteiger charge is -2.37. The Morgan fingerprint density at radius 3 is 1.93 bits per heavy atom. The van der Waals surface area contributed by atoms with Gasteiger partial charge in [0, 0.05) is 0 Å². The van der Waals surface area contributed by atoms with Gasteiger partial charge in [0.25, 0.3) is 0 Å². The molecule has 2 aliphatic carbocycles. The van der Waals surface area contributed by atoms with Crippen molar-refractivity contribution in [2.45, 2.75) is 77.2 Å². The summed E-state index contributed by atoms with van der Waals surface area (Å²) in [4.78, 5) is 12.5. The van der Waals surface area contributed by atoms with Crippen molar-refractivity contribution in [2.75, 3.05) is 0 Å². The summed E-state index contributed by atoms with van der Waals surface area (Å²) in [6.45, 7) is 2.26. The van der Waals surface area contributed by atoms with E-state index >= 15 is 0 Å². The first-order valence-corrected chi connectivity index (χ1v) is 10.9. The fourth-order valence-corrected chi connectivity index (χ4v) is 4.87. The van der Waals surface area contributed by atoms with Gasteiger partial charge in [-0.3, -0.25) is 4.79 Å². The number of halogens is 4. The van der Waals surface area contributed by atoms with E-state index in [1.54, 1.807) is 0 Å². The maximum Gasteiger partial charge on any atom is 0.461 e. The number of rotatable bonds is 7. The van der Waals surface area contributed by atoms with E-state index in [1.165, 1.54) is 44.2 Å². The molecule has 0 amide bonds. The molecule has 2 saturated carbocycles. The highest BCUT2D eigenvalue weighted by Gasteiger charge is 2.44. The SMILES string of the molecule is CCC1CCC(C2CCC(C(=O)Oc3ccc(OC(F)(F)C(F)F)cc3)CC2)CC1. The summed E-state index contributed by atoms with van der Waals surface area (Å²) in [5.74, 6) is 1.64. The molecule has 1 aromatic rings. The van der Waals surface area contributed by atoms with E-state index in [0.717, 1.165) is 49.7 Å². The molecule has 0 N–H and O–H groups in total. The largest absolute Gasteiger partial charge is 0.461 e. The second-order valence-corrected chi connectivity index (χ2v) is 8.66. The summed E-state index contributed by atoms with van der Waals surface area (Å²) in [7, 11) is 0. The van der Waals surface area contributed by atoms with Crippen LogP contribution in [0, 0.1) is 23.7 Å². The molecule has 0 radical (unpaired) electrons. The summed E-state index contributed by atoms with van der Waals surface area (Å²) >= 11 is 0. The maximum atomic E-state index is 12.9. The van der Waals surface area contributed by atoms with Crippen LogP contribution in [0.2, 0.25) is 0 Å². The molecule has 0 atom stereocenters. The molecule has 3 rings (SSSR count). The molecule has 2 fully saturated rings. The van der Waals surface area contributed by atoms with Crippen LogP contribution in [0.25, 0.3) is 0 Å². The average Bonchev–Trinajstić information content (AvgIpc) is 2.75. The smallest absolute Gasteiger partial charge is 0.428 e. The highest BCUT2D eigenvalue weighted by atomic mass is 19.3. The Kier molecular flexibility index (Phi) is 7.64. The van der Waals surface area contributed by atoms with Gasteiger partial charge in [-0.05, 0) is 80.5 Å². The van der Waals surface area contributed by atoms with Crippen LogP contribution in [0.3, 0.4) is 0 Å². The van der Waals surface area contributed by atoms with Gasteiger partial charge in [0.15, 0.2) is 0 Å². The second kappa shape index (κ2) is 10.0. The normalized spacial score (nSPS) is 27.7. The molecule has 0 spiro atoms. The van der Waals surface area contributed by atoms with Crippen molar-refractivity contribution in [1.82, 2.24) is 0 Å². The van der Waals surface area contributed by atoms with Crippen LogP contribution in [0.5, 0.6) is 11.5 Å². The number of carbonyl (C=O) groups excluding carboxylic acids is 1. The van der Waals surface area contributed by atoms with E-state index in [2.05, 4.69) is 11.7 Å². The quantitative estimate of drug-likeness (QED) is 0.270. The molecule has 0 aliphatic heterocycles. The number of hydrogen-bond acceptors (Lipinski definition) is 3. The molecular formula is C23H30F4O3. The minimum absolute atomic E-state index is 0.160. The van der Waals surface area contributed by atoms with Gasteiger partial charge in [-0.1, -0.05) is 26.2 Å². The van der Waals surface area contributed by atoms with E-state index in [4.69, 9.17) is 4.74 Å². The van der Waals surface area contributed by atoms with E-state index < -0.39 is 18.3 Å². The monoisotopic (exact) mass is 430 g/mol. The van der Waals surface area contributed by atoms with Gasteiger partial charge >= 0.3 is 18.5 Å². The Morgan fingerprint density at radius 2 is 1.43 bits per heavy atom. The Labute approximate surface area is 175 Å². The van der Waals surface area contributed by atoms with Crippen LogP contribution in [0.1, 0.15) is 64.7 Å². The number of esters is 1. The Bertz CT molecular complexity index is 676. The summed E-state index contributed by atoms with van der Waals surface area (Å²) in [5, 5.41) is 0. The number of benzene rings is 1. The molecule has 168 valence electrons. The molecule has 0 unspecified atom stereocenters. The van der Waals surface area contributed by atoms with Crippen molar-refractivity contribution in [2.24, 2.45) is 23.7 Å². The summed E-state index contributed by atoms with van der Waals surface area (Å²) < 4.78 is 59.6. The molecule has 30 heavy (non-hydrogen) atoms. The average molecular weight is 430 g/mol. The molecule has 1 aromatic carbocycles. The molecule has 0 aromatic heterocycles. The second-order valence-electron chi connectivity index (χ2n) is 8.66. The van der Waals surface area contributed by atoms with Crippen LogP contribution >= 0.6 is 0 Å². The Hall–Kier alpha value is -1.79. The summed E-state index contributed by atoms with van der Waals surface area (Å²) in [6.07, 6.45) is 1.73. The van der Waals surface area contributed by atoms with Crippen LogP contribution in [-0.2, 0) is 4.79 Å². The third kappa shape index (κ3) is 5.88. The lowest BCUT2D eigenvalue weighted by molar-refractivity contribution is -0.253. The lowest BCUT2D eigenvalue weighted by atomic mass is 9.69. The Morgan fingerprint density at radius 1 is 0.933 bits per heavy atom. The first kappa shape index (κ1) is 22.9. The van der Waals surface area contributed by atoms with Crippen LogP contribution in [-0.4, -0.2) is 18.5 Å². The fourth-order valence-electron chi connectivity index (χ4n) is 4.87. The first-order chi connectivity index (χ1) is 14.3.